The van der Waals surface area contributed by atoms with Gasteiger partial charge in [0.25, 0.3) is 0 Å². The number of carbonyl (C=O) groups is 3. The summed E-state index contributed by atoms with van der Waals surface area (Å²) in [4.78, 5) is 47.1. The minimum atomic E-state index is -1.48. The van der Waals surface area contributed by atoms with E-state index in [2.05, 4.69) is 0 Å². The maximum Gasteiger partial charge on any atom is 0.339 e. The number of ether oxygens (including phenoxy) is 11. The lowest BCUT2D eigenvalue weighted by molar-refractivity contribution is -0.226. The highest BCUT2D eigenvalue weighted by Gasteiger charge is 2.52. The van der Waals surface area contributed by atoms with Gasteiger partial charge in [0.15, 0.2) is 41.3 Å². The molecule has 1 fully saturated rings. The summed E-state index contributed by atoms with van der Waals surface area (Å²) in [6, 6.07) is 78.8. The number of cyclic esters (lactones) is 1. The van der Waals surface area contributed by atoms with Crippen molar-refractivity contribution in [1.29, 1.82) is 0 Å². The highest BCUT2D eigenvalue weighted by molar-refractivity contribution is 6.09. The summed E-state index contributed by atoms with van der Waals surface area (Å²) in [6.45, 7) is -0.806. The third-order valence-corrected chi connectivity index (χ3v) is 15.1. The molecule has 2 heterocycles. The molecule has 1 saturated heterocycles. The van der Waals surface area contributed by atoms with Crippen LogP contribution in [0.1, 0.15) is 65.2 Å². The van der Waals surface area contributed by atoms with Crippen LogP contribution in [-0.2, 0) is 81.3 Å². The molecular formula is C76H64O14. The second-order valence-corrected chi connectivity index (χ2v) is 21.5. The van der Waals surface area contributed by atoms with E-state index >= 15 is 9.59 Å². The van der Waals surface area contributed by atoms with E-state index in [1.807, 2.05) is 243 Å². The standard InChI is InChI=1S/C76H64O14/c77-74-60-41-62(80-43-52-25-9-1-10-26-52)67(82-45-54-29-13-3-14-30-54)70(84-47-56-33-17-5-18-34-56)65(60)66-61(42-63(81-44-53-27-11-2-12-28-53)68(83-46-55-31-15-4-16-32-55)71(66)85-48-57-35-19-6-20-36-57)75(78)90-69-64(51-88-74)89-76(79)73(87-50-59-39-23-8-24-40-59)72(69)86-49-58-37-21-7-22-38-58/h1-42,64,69,72-73H,43-51H2/t64?,69-,72?,73?/m1/s1. The van der Waals surface area contributed by atoms with Crippen LogP contribution in [0.15, 0.2) is 255 Å². The Bertz CT molecular complexity index is 3970. The molecule has 0 spiro atoms. The van der Waals surface area contributed by atoms with Crippen LogP contribution in [0.2, 0.25) is 0 Å². The van der Waals surface area contributed by atoms with E-state index in [9.17, 15) is 4.79 Å². The SMILES string of the molecule is O=C1OCC2OC(=O)C(OCc3ccccc3)C(OCc3ccccc3)[C@@H]2OC(=O)c2cc(OCc3ccccc3)c(OCc3ccccc3)c(OCc3ccccc3)c2-c2c1cc(OCc1ccccc1)c(OCc1ccccc1)c2OCc1ccccc1. The number of esters is 3. The van der Waals surface area contributed by atoms with Gasteiger partial charge in [0.2, 0.25) is 11.5 Å². The van der Waals surface area contributed by atoms with E-state index < -0.39 is 48.9 Å². The largest absolute Gasteiger partial charge is 0.485 e. The Hall–Kier alpha value is -10.7. The summed E-state index contributed by atoms with van der Waals surface area (Å²) >= 11 is 0. The summed E-state index contributed by atoms with van der Waals surface area (Å²) in [5.41, 5.74) is 5.86. The van der Waals surface area contributed by atoms with Gasteiger partial charge >= 0.3 is 17.9 Å². The number of carbonyl (C=O) groups excluding carboxylic acids is 3. The van der Waals surface area contributed by atoms with Gasteiger partial charge in [-0.3, -0.25) is 0 Å². The van der Waals surface area contributed by atoms with Gasteiger partial charge in [-0.15, -0.1) is 0 Å². The Balaban J connectivity index is 1.12. The quantitative estimate of drug-likeness (QED) is 0.0416. The van der Waals surface area contributed by atoms with Gasteiger partial charge in [-0.25, -0.2) is 14.4 Å². The van der Waals surface area contributed by atoms with Gasteiger partial charge in [-0.05, 0) is 56.6 Å². The average Bonchev–Trinajstić information content (AvgIpc) is 0.958. The van der Waals surface area contributed by atoms with Crippen molar-refractivity contribution in [3.05, 3.63) is 310 Å². The van der Waals surface area contributed by atoms with Crippen molar-refractivity contribution in [2.45, 2.75) is 77.3 Å². The minimum Gasteiger partial charge on any atom is -0.485 e. The minimum absolute atomic E-state index is 0.00262. The van der Waals surface area contributed by atoms with E-state index in [0.29, 0.717) is 0 Å². The summed E-state index contributed by atoms with van der Waals surface area (Å²) in [7, 11) is 0. The van der Waals surface area contributed by atoms with Crippen LogP contribution in [0.3, 0.4) is 0 Å². The molecule has 10 aromatic carbocycles. The molecule has 452 valence electrons. The Morgan fingerprint density at radius 1 is 0.322 bits per heavy atom. The van der Waals surface area contributed by atoms with E-state index in [1.54, 1.807) is 0 Å². The van der Waals surface area contributed by atoms with Crippen molar-refractivity contribution in [3.63, 3.8) is 0 Å². The van der Waals surface area contributed by atoms with Crippen molar-refractivity contribution >= 4 is 17.9 Å². The van der Waals surface area contributed by atoms with Gasteiger partial charge in [-0.2, -0.15) is 0 Å². The third kappa shape index (κ3) is 14.8. The Kier molecular flexibility index (Phi) is 19.5. The van der Waals surface area contributed by atoms with Gasteiger partial charge in [0.05, 0.1) is 24.3 Å². The van der Waals surface area contributed by atoms with E-state index in [-0.39, 0.29) is 110 Å². The molecule has 0 aliphatic carbocycles. The molecule has 4 atom stereocenters. The Morgan fingerprint density at radius 3 is 0.978 bits per heavy atom. The van der Waals surface area contributed by atoms with E-state index in [4.69, 9.17) is 52.1 Å². The fourth-order valence-corrected chi connectivity index (χ4v) is 10.6. The molecule has 2 aliphatic rings. The number of fused-ring (bicyclic) bond motifs is 4. The lowest BCUT2D eigenvalue weighted by Gasteiger charge is -2.40. The van der Waals surface area contributed by atoms with Crippen molar-refractivity contribution < 1.29 is 66.5 Å². The first-order chi connectivity index (χ1) is 44.4. The first-order valence-corrected chi connectivity index (χ1v) is 29.7. The van der Waals surface area contributed by atoms with Crippen LogP contribution in [0.5, 0.6) is 34.5 Å². The molecule has 12 rings (SSSR count). The first-order valence-electron chi connectivity index (χ1n) is 29.7. The predicted molar refractivity (Wildman–Crippen MR) is 336 cm³/mol. The van der Waals surface area contributed by atoms with Gasteiger partial charge < -0.3 is 52.1 Å². The first kappa shape index (κ1) is 59.7. The third-order valence-electron chi connectivity index (χ3n) is 15.1. The van der Waals surface area contributed by atoms with Crippen molar-refractivity contribution in [2.24, 2.45) is 0 Å². The summed E-state index contributed by atoms with van der Waals surface area (Å²) in [5, 5.41) is 0. The molecule has 90 heavy (non-hydrogen) atoms. The summed E-state index contributed by atoms with van der Waals surface area (Å²) in [6.07, 6.45) is -5.72. The van der Waals surface area contributed by atoms with E-state index in [0.717, 1.165) is 44.5 Å². The summed E-state index contributed by atoms with van der Waals surface area (Å²) < 4.78 is 74.6. The highest BCUT2D eigenvalue weighted by atomic mass is 16.7. The lowest BCUT2D eigenvalue weighted by atomic mass is 9.91. The van der Waals surface area contributed by atoms with Crippen LogP contribution in [0.25, 0.3) is 11.1 Å². The monoisotopic (exact) mass is 1200 g/mol. The fraction of sp³-hybridized carbons (Fsp3) is 0.171. The second kappa shape index (κ2) is 29.4. The normalized spacial score (nSPS) is 16.1. The smallest absolute Gasteiger partial charge is 0.339 e. The lowest BCUT2D eigenvalue weighted by Crippen LogP contribution is -2.60. The topological polar surface area (TPSA) is 153 Å². The molecule has 3 unspecified atom stereocenters. The van der Waals surface area contributed by atoms with Crippen molar-refractivity contribution in [3.8, 4) is 45.6 Å². The maximum absolute atomic E-state index is 16.5. The predicted octanol–water partition coefficient (Wildman–Crippen LogP) is 14.6. The Labute approximate surface area is 522 Å². The molecule has 0 saturated carbocycles. The maximum atomic E-state index is 16.5. The zero-order valence-corrected chi connectivity index (χ0v) is 49.1. The average molecular weight is 1200 g/mol. The van der Waals surface area contributed by atoms with Crippen LogP contribution in [-0.4, -0.2) is 48.9 Å². The molecule has 2 aliphatic heterocycles. The highest BCUT2D eigenvalue weighted by Crippen LogP contribution is 2.56. The van der Waals surface area contributed by atoms with Crippen LogP contribution >= 0.6 is 0 Å². The van der Waals surface area contributed by atoms with Gasteiger partial charge in [0, 0.05) is 11.1 Å². The summed E-state index contributed by atoms with van der Waals surface area (Å²) in [5.74, 6) is -2.47. The van der Waals surface area contributed by atoms with Crippen LogP contribution < -0.4 is 28.4 Å². The molecule has 10 aromatic rings. The molecule has 0 radical (unpaired) electrons. The van der Waals surface area contributed by atoms with Crippen molar-refractivity contribution in [2.75, 3.05) is 6.61 Å². The van der Waals surface area contributed by atoms with Crippen LogP contribution in [0.4, 0.5) is 0 Å². The zero-order chi connectivity index (χ0) is 61.3. The van der Waals surface area contributed by atoms with Crippen LogP contribution in [0, 0.1) is 0 Å². The molecule has 0 N–H and O–H groups in total. The molecule has 14 heteroatoms. The van der Waals surface area contributed by atoms with Gasteiger partial charge in [0.1, 0.15) is 52.4 Å². The number of hydrogen-bond acceptors (Lipinski definition) is 14. The molecule has 14 nitrogen and oxygen atoms in total. The van der Waals surface area contributed by atoms with Crippen molar-refractivity contribution in [1.82, 2.24) is 0 Å². The fourth-order valence-electron chi connectivity index (χ4n) is 10.6. The zero-order valence-electron chi connectivity index (χ0n) is 49.1. The number of benzene rings is 10. The molecular weight excluding hydrogens is 1140 g/mol. The molecule has 0 aromatic heterocycles. The number of hydrogen-bond donors (Lipinski definition) is 0. The molecule has 0 amide bonds. The second-order valence-electron chi connectivity index (χ2n) is 21.5. The van der Waals surface area contributed by atoms with E-state index in [1.165, 1.54) is 12.1 Å². The molecule has 0 bridgehead atoms. The van der Waals surface area contributed by atoms with Gasteiger partial charge in [-0.1, -0.05) is 243 Å². The number of rotatable bonds is 24. The Morgan fingerprint density at radius 2 is 0.622 bits per heavy atom.